The van der Waals surface area contributed by atoms with Crippen LogP contribution in [0.15, 0.2) is 36.9 Å². The Morgan fingerprint density at radius 3 is 2.82 bits per heavy atom. The molecule has 17 heavy (non-hydrogen) atoms. The smallest absolute Gasteiger partial charge is 0.188 e. The Morgan fingerprint density at radius 1 is 1.18 bits per heavy atom. The molecule has 0 saturated carbocycles. The number of thiazole rings is 1. The van der Waals surface area contributed by atoms with Gasteiger partial charge in [0.15, 0.2) is 5.13 Å². The zero-order valence-electron chi connectivity index (χ0n) is 9.21. The minimum atomic E-state index is 0.850. The van der Waals surface area contributed by atoms with E-state index in [4.69, 9.17) is 0 Å². The third-order valence-corrected chi connectivity index (χ3v) is 3.31. The van der Waals surface area contributed by atoms with Crippen LogP contribution in [0.4, 0.5) is 10.8 Å². The number of nitrogens with zero attached hydrogens (tertiary/aromatic N) is 3. The highest BCUT2D eigenvalue weighted by Gasteiger charge is 2.04. The lowest BCUT2D eigenvalue weighted by Gasteiger charge is -1.98. The van der Waals surface area contributed by atoms with E-state index in [0.29, 0.717) is 0 Å². The van der Waals surface area contributed by atoms with Crippen LogP contribution in [-0.2, 0) is 0 Å². The Morgan fingerprint density at radius 2 is 2.00 bits per heavy atom. The Labute approximate surface area is 102 Å². The largest absolute Gasteiger partial charge is 0.329 e. The molecule has 84 valence electrons. The van der Waals surface area contributed by atoms with Gasteiger partial charge in [-0.15, -0.1) is 0 Å². The third kappa shape index (κ3) is 2.09. The van der Waals surface area contributed by atoms with E-state index in [1.165, 1.54) is 16.6 Å². The summed E-state index contributed by atoms with van der Waals surface area (Å²) in [5.41, 5.74) is 3.09. The van der Waals surface area contributed by atoms with Crippen molar-refractivity contribution in [2.45, 2.75) is 6.92 Å². The van der Waals surface area contributed by atoms with Crippen molar-refractivity contribution in [1.82, 2.24) is 15.0 Å². The standard InChI is InChI=1S/C12H10N4S/c1-8-2-3-11-10(4-8)16-12(17-11)15-9-5-13-7-14-6-9/h2-7H,1H3,(H,15,16). The summed E-state index contributed by atoms with van der Waals surface area (Å²) in [5.74, 6) is 0. The molecule has 3 rings (SSSR count). The van der Waals surface area contributed by atoms with Gasteiger partial charge in [0.1, 0.15) is 6.33 Å². The predicted molar refractivity (Wildman–Crippen MR) is 69.7 cm³/mol. The SMILES string of the molecule is Cc1ccc2sc(Nc3cncnc3)nc2c1. The van der Waals surface area contributed by atoms with Gasteiger partial charge in [-0.1, -0.05) is 17.4 Å². The average Bonchev–Trinajstić information content (AvgIpc) is 2.71. The maximum atomic E-state index is 4.52. The van der Waals surface area contributed by atoms with Gasteiger partial charge in [-0.25, -0.2) is 15.0 Å². The Kier molecular flexibility index (Phi) is 2.45. The fourth-order valence-corrected chi connectivity index (χ4v) is 2.44. The van der Waals surface area contributed by atoms with E-state index in [-0.39, 0.29) is 0 Å². The van der Waals surface area contributed by atoms with Crippen molar-refractivity contribution in [1.29, 1.82) is 0 Å². The van der Waals surface area contributed by atoms with Crippen molar-refractivity contribution in [2.24, 2.45) is 0 Å². The molecule has 4 nitrogen and oxygen atoms in total. The van der Waals surface area contributed by atoms with Crippen LogP contribution in [0.3, 0.4) is 0 Å². The normalized spacial score (nSPS) is 10.6. The first-order valence-corrected chi connectivity index (χ1v) is 6.02. The highest BCUT2D eigenvalue weighted by Crippen LogP contribution is 2.28. The molecule has 0 atom stereocenters. The molecule has 1 N–H and O–H groups in total. The molecule has 0 radical (unpaired) electrons. The topological polar surface area (TPSA) is 50.7 Å². The number of hydrogen-bond acceptors (Lipinski definition) is 5. The second-order valence-corrected chi connectivity index (χ2v) is 4.77. The van der Waals surface area contributed by atoms with E-state index < -0.39 is 0 Å². The van der Waals surface area contributed by atoms with Crippen molar-refractivity contribution in [2.75, 3.05) is 5.32 Å². The summed E-state index contributed by atoms with van der Waals surface area (Å²) in [6.45, 7) is 2.07. The molecular weight excluding hydrogens is 232 g/mol. The summed E-state index contributed by atoms with van der Waals surface area (Å²) in [4.78, 5) is 12.4. The van der Waals surface area contributed by atoms with Gasteiger partial charge in [-0.2, -0.15) is 0 Å². The fraction of sp³-hybridized carbons (Fsp3) is 0.0833. The van der Waals surface area contributed by atoms with Crippen LogP contribution in [0.2, 0.25) is 0 Å². The molecule has 0 amide bonds. The molecule has 2 aromatic heterocycles. The maximum Gasteiger partial charge on any atom is 0.188 e. The number of nitrogens with one attached hydrogen (secondary N) is 1. The van der Waals surface area contributed by atoms with E-state index in [1.54, 1.807) is 23.7 Å². The van der Waals surface area contributed by atoms with Gasteiger partial charge in [-0.3, -0.25) is 0 Å². The number of rotatable bonds is 2. The quantitative estimate of drug-likeness (QED) is 0.750. The van der Waals surface area contributed by atoms with Gasteiger partial charge in [0, 0.05) is 0 Å². The number of hydrogen-bond donors (Lipinski definition) is 1. The first-order chi connectivity index (χ1) is 8.31. The molecule has 3 aromatic rings. The molecule has 0 aliphatic rings. The lowest BCUT2D eigenvalue weighted by atomic mass is 10.2. The van der Waals surface area contributed by atoms with Crippen LogP contribution < -0.4 is 5.32 Å². The monoisotopic (exact) mass is 242 g/mol. The van der Waals surface area contributed by atoms with Crippen molar-refractivity contribution in [3.8, 4) is 0 Å². The van der Waals surface area contributed by atoms with Gasteiger partial charge in [0.05, 0.1) is 28.3 Å². The molecular formula is C12H10N4S. The van der Waals surface area contributed by atoms with Crippen LogP contribution in [0.1, 0.15) is 5.56 Å². The molecule has 0 aliphatic carbocycles. The molecule has 0 aliphatic heterocycles. The van der Waals surface area contributed by atoms with Gasteiger partial charge in [-0.05, 0) is 24.6 Å². The molecule has 0 fully saturated rings. The second kappa shape index (κ2) is 4.10. The van der Waals surface area contributed by atoms with Gasteiger partial charge in [0.25, 0.3) is 0 Å². The summed E-state index contributed by atoms with van der Waals surface area (Å²) in [7, 11) is 0. The number of benzene rings is 1. The van der Waals surface area contributed by atoms with Gasteiger partial charge in [0.2, 0.25) is 0 Å². The summed E-state index contributed by atoms with van der Waals surface area (Å²) in [6, 6.07) is 6.27. The lowest BCUT2D eigenvalue weighted by molar-refractivity contribution is 1.17. The van der Waals surface area contributed by atoms with E-state index in [0.717, 1.165) is 16.3 Å². The predicted octanol–water partition coefficient (Wildman–Crippen LogP) is 3.14. The zero-order chi connectivity index (χ0) is 11.7. The van der Waals surface area contributed by atoms with E-state index in [9.17, 15) is 0 Å². The highest BCUT2D eigenvalue weighted by molar-refractivity contribution is 7.22. The molecule has 5 heteroatoms. The highest BCUT2D eigenvalue weighted by atomic mass is 32.1. The Hall–Kier alpha value is -2.01. The molecule has 0 spiro atoms. The average molecular weight is 242 g/mol. The molecule has 2 heterocycles. The van der Waals surface area contributed by atoms with Crippen molar-refractivity contribution < 1.29 is 0 Å². The molecule has 0 unspecified atom stereocenters. The summed E-state index contributed by atoms with van der Waals surface area (Å²) in [5, 5.41) is 4.06. The lowest BCUT2D eigenvalue weighted by Crippen LogP contribution is -1.90. The third-order valence-electron chi connectivity index (χ3n) is 2.35. The van der Waals surface area contributed by atoms with Crippen LogP contribution in [0.25, 0.3) is 10.2 Å². The maximum absolute atomic E-state index is 4.52. The zero-order valence-corrected chi connectivity index (χ0v) is 10.0. The fourth-order valence-electron chi connectivity index (χ4n) is 1.58. The molecule has 0 bridgehead atoms. The minimum absolute atomic E-state index is 0.850. The van der Waals surface area contributed by atoms with E-state index in [2.05, 4.69) is 45.4 Å². The molecule has 1 aromatic carbocycles. The summed E-state index contributed by atoms with van der Waals surface area (Å²) < 4.78 is 1.18. The van der Waals surface area contributed by atoms with E-state index in [1.807, 2.05) is 0 Å². The van der Waals surface area contributed by atoms with Gasteiger partial charge >= 0.3 is 0 Å². The van der Waals surface area contributed by atoms with Crippen LogP contribution in [0, 0.1) is 6.92 Å². The van der Waals surface area contributed by atoms with Crippen molar-refractivity contribution >= 4 is 32.4 Å². The number of aromatic nitrogens is 3. The first-order valence-electron chi connectivity index (χ1n) is 5.20. The first kappa shape index (κ1) is 10.2. The number of fused-ring (bicyclic) bond motifs is 1. The summed E-state index contributed by atoms with van der Waals surface area (Å²) in [6.07, 6.45) is 4.96. The van der Waals surface area contributed by atoms with E-state index >= 15 is 0 Å². The van der Waals surface area contributed by atoms with Crippen molar-refractivity contribution in [3.05, 3.63) is 42.5 Å². The summed E-state index contributed by atoms with van der Waals surface area (Å²) >= 11 is 1.62. The van der Waals surface area contributed by atoms with Crippen molar-refractivity contribution in [3.63, 3.8) is 0 Å². The minimum Gasteiger partial charge on any atom is -0.329 e. The van der Waals surface area contributed by atoms with Crippen LogP contribution in [-0.4, -0.2) is 15.0 Å². The van der Waals surface area contributed by atoms with Crippen LogP contribution >= 0.6 is 11.3 Å². The number of aryl methyl sites for hydroxylation is 1. The number of anilines is 2. The van der Waals surface area contributed by atoms with Gasteiger partial charge < -0.3 is 5.32 Å². The van der Waals surface area contributed by atoms with Crippen LogP contribution in [0.5, 0.6) is 0 Å². The Balaban J connectivity index is 1.96. The molecule has 0 saturated heterocycles. The Bertz CT molecular complexity index is 648. The second-order valence-electron chi connectivity index (χ2n) is 3.74.